The molecule has 0 saturated heterocycles. The number of carbonyl (C=O) groups excluding carboxylic acids is 2. The lowest BCUT2D eigenvalue weighted by atomic mass is 10.1. The minimum absolute atomic E-state index is 0.0149. The van der Waals surface area contributed by atoms with E-state index in [2.05, 4.69) is 15.6 Å². The van der Waals surface area contributed by atoms with Gasteiger partial charge in [0.25, 0.3) is 5.91 Å². The van der Waals surface area contributed by atoms with E-state index in [1.807, 2.05) is 25.1 Å². The summed E-state index contributed by atoms with van der Waals surface area (Å²) >= 11 is 1.62. The van der Waals surface area contributed by atoms with E-state index < -0.39 is 0 Å². The lowest BCUT2D eigenvalue weighted by Gasteiger charge is -2.15. The SMILES string of the molecule is C[C@@H](NC(=O)c1ccc2c(c1)NC(=O)CCS2)c1ccncc1. The maximum absolute atomic E-state index is 12.4. The Morgan fingerprint density at radius 2 is 2.09 bits per heavy atom. The molecule has 0 bridgehead atoms. The molecule has 2 aromatic rings. The fourth-order valence-corrected chi connectivity index (χ4v) is 3.31. The van der Waals surface area contributed by atoms with Gasteiger partial charge in [0, 0.05) is 35.0 Å². The first-order valence-electron chi connectivity index (χ1n) is 7.41. The van der Waals surface area contributed by atoms with E-state index in [-0.39, 0.29) is 17.9 Å². The Labute approximate surface area is 138 Å². The van der Waals surface area contributed by atoms with Crippen molar-refractivity contribution < 1.29 is 9.59 Å². The Kier molecular flexibility index (Phi) is 4.62. The van der Waals surface area contributed by atoms with Crippen molar-refractivity contribution >= 4 is 29.3 Å². The van der Waals surface area contributed by atoms with Crippen LogP contribution in [0.4, 0.5) is 5.69 Å². The van der Waals surface area contributed by atoms with Crippen LogP contribution < -0.4 is 10.6 Å². The number of nitrogens with zero attached hydrogens (tertiary/aromatic N) is 1. The van der Waals surface area contributed by atoms with E-state index in [0.29, 0.717) is 17.7 Å². The number of thioether (sulfide) groups is 1. The summed E-state index contributed by atoms with van der Waals surface area (Å²) in [5.41, 5.74) is 2.24. The summed E-state index contributed by atoms with van der Waals surface area (Å²) < 4.78 is 0. The largest absolute Gasteiger partial charge is 0.346 e. The Hall–Kier alpha value is -2.34. The third-order valence-corrected chi connectivity index (χ3v) is 4.73. The normalized spacial score (nSPS) is 15.1. The summed E-state index contributed by atoms with van der Waals surface area (Å²) in [6, 6.07) is 9.04. The van der Waals surface area contributed by atoms with Crippen LogP contribution in [0.5, 0.6) is 0 Å². The fraction of sp³-hybridized carbons (Fsp3) is 0.235. The standard InChI is InChI=1S/C17H17N3O2S/c1-11(12-4-7-18-8-5-12)19-17(22)13-2-3-15-14(10-13)20-16(21)6-9-23-15/h2-5,7-8,10-11H,6,9H2,1H3,(H,19,22)(H,20,21)/t11-/m1/s1. The number of hydrogen-bond donors (Lipinski definition) is 2. The molecule has 2 N–H and O–H groups in total. The molecule has 1 aliphatic heterocycles. The zero-order valence-corrected chi connectivity index (χ0v) is 13.5. The van der Waals surface area contributed by atoms with Crippen molar-refractivity contribution in [1.29, 1.82) is 0 Å². The first-order chi connectivity index (χ1) is 11.1. The molecule has 0 aliphatic carbocycles. The van der Waals surface area contributed by atoms with Crippen LogP contribution >= 0.6 is 11.8 Å². The second kappa shape index (κ2) is 6.83. The highest BCUT2D eigenvalue weighted by Crippen LogP contribution is 2.31. The highest BCUT2D eigenvalue weighted by Gasteiger charge is 2.17. The number of anilines is 1. The molecule has 0 saturated carbocycles. The molecule has 0 radical (unpaired) electrons. The van der Waals surface area contributed by atoms with E-state index in [9.17, 15) is 9.59 Å². The minimum atomic E-state index is -0.166. The molecule has 1 atom stereocenters. The highest BCUT2D eigenvalue weighted by molar-refractivity contribution is 7.99. The van der Waals surface area contributed by atoms with Crippen LogP contribution in [0.15, 0.2) is 47.6 Å². The summed E-state index contributed by atoms with van der Waals surface area (Å²) in [6.45, 7) is 1.92. The molecule has 5 nitrogen and oxygen atoms in total. The molecular formula is C17H17N3O2S. The number of hydrogen-bond acceptors (Lipinski definition) is 4. The highest BCUT2D eigenvalue weighted by atomic mass is 32.2. The number of fused-ring (bicyclic) bond motifs is 1. The second-order valence-corrected chi connectivity index (χ2v) is 6.47. The van der Waals surface area contributed by atoms with Gasteiger partial charge in [-0.25, -0.2) is 0 Å². The van der Waals surface area contributed by atoms with Gasteiger partial charge < -0.3 is 10.6 Å². The van der Waals surface area contributed by atoms with Gasteiger partial charge in [-0.15, -0.1) is 11.8 Å². The average molecular weight is 327 g/mol. The summed E-state index contributed by atoms with van der Waals surface area (Å²) in [4.78, 5) is 29.1. The maximum Gasteiger partial charge on any atom is 0.251 e. The number of nitrogens with one attached hydrogen (secondary N) is 2. The van der Waals surface area contributed by atoms with Crippen molar-refractivity contribution in [3.05, 3.63) is 53.9 Å². The van der Waals surface area contributed by atoms with Crippen LogP contribution in [0.2, 0.25) is 0 Å². The van der Waals surface area contributed by atoms with Crippen LogP contribution in [0.3, 0.4) is 0 Å². The minimum Gasteiger partial charge on any atom is -0.346 e. The van der Waals surface area contributed by atoms with E-state index in [1.165, 1.54) is 0 Å². The van der Waals surface area contributed by atoms with E-state index in [4.69, 9.17) is 0 Å². The predicted molar refractivity (Wildman–Crippen MR) is 90.5 cm³/mol. The van der Waals surface area contributed by atoms with Crippen molar-refractivity contribution in [2.45, 2.75) is 24.3 Å². The van der Waals surface area contributed by atoms with Gasteiger partial charge in [0.15, 0.2) is 0 Å². The summed E-state index contributed by atoms with van der Waals surface area (Å²) in [7, 11) is 0. The van der Waals surface area contributed by atoms with Gasteiger partial charge in [0.05, 0.1) is 11.7 Å². The number of benzene rings is 1. The summed E-state index contributed by atoms with van der Waals surface area (Å²) in [5.74, 6) is 0.572. The monoisotopic (exact) mass is 327 g/mol. The van der Waals surface area contributed by atoms with Crippen molar-refractivity contribution in [1.82, 2.24) is 10.3 Å². The third-order valence-electron chi connectivity index (χ3n) is 3.66. The Balaban J connectivity index is 1.76. The summed E-state index contributed by atoms with van der Waals surface area (Å²) in [5, 5.41) is 5.81. The van der Waals surface area contributed by atoms with Gasteiger partial charge >= 0.3 is 0 Å². The first-order valence-corrected chi connectivity index (χ1v) is 8.39. The molecule has 2 heterocycles. The zero-order chi connectivity index (χ0) is 16.2. The molecule has 0 spiro atoms. The Morgan fingerprint density at radius 1 is 1.30 bits per heavy atom. The van der Waals surface area contributed by atoms with Gasteiger partial charge in [0.2, 0.25) is 5.91 Å². The molecule has 6 heteroatoms. The van der Waals surface area contributed by atoms with Crippen molar-refractivity contribution in [3.63, 3.8) is 0 Å². The average Bonchev–Trinajstić information content (AvgIpc) is 2.75. The van der Waals surface area contributed by atoms with E-state index >= 15 is 0 Å². The first kappa shape index (κ1) is 15.6. The molecule has 0 fully saturated rings. The molecule has 1 aliphatic rings. The molecule has 2 amide bonds. The smallest absolute Gasteiger partial charge is 0.251 e. The van der Waals surface area contributed by atoms with Crippen LogP contribution in [-0.2, 0) is 4.79 Å². The van der Waals surface area contributed by atoms with Gasteiger partial charge in [-0.1, -0.05) is 0 Å². The van der Waals surface area contributed by atoms with Crippen LogP contribution in [0, 0.1) is 0 Å². The molecule has 3 rings (SSSR count). The topological polar surface area (TPSA) is 71.1 Å². The number of amides is 2. The summed E-state index contributed by atoms with van der Waals surface area (Å²) in [6.07, 6.45) is 3.89. The lowest BCUT2D eigenvalue weighted by molar-refractivity contribution is -0.115. The van der Waals surface area contributed by atoms with E-state index in [1.54, 1.807) is 36.3 Å². The van der Waals surface area contributed by atoms with E-state index in [0.717, 1.165) is 16.2 Å². The molecular weight excluding hydrogens is 310 g/mol. The fourth-order valence-electron chi connectivity index (χ4n) is 2.38. The van der Waals surface area contributed by atoms with Gasteiger partial charge in [-0.2, -0.15) is 0 Å². The zero-order valence-electron chi connectivity index (χ0n) is 12.7. The van der Waals surface area contributed by atoms with Gasteiger partial charge in [-0.05, 0) is 42.8 Å². The quantitative estimate of drug-likeness (QED) is 0.909. The Bertz CT molecular complexity index is 734. The Morgan fingerprint density at radius 3 is 2.87 bits per heavy atom. The van der Waals surface area contributed by atoms with Gasteiger partial charge in [-0.3, -0.25) is 14.6 Å². The number of rotatable bonds is 3. The number of pyridine rings is 1. The molecule has 1 aromatic carbocycles. The van der Waals surface area contributed by atoms with Crippen LogP contribution in [-0.4, -0.2) is 22.6 Å². The molecule has 1 aromatic heterocycles. The second-order valence-electron chi connectivity index (χ2n) is 5.33. The number of aromatic nitrogens is 1. The third kappa shape index (κ3) is 3.71. The predicted octanol–water partition coefficient (Wildman–Crippen LogP) is 3.01. The maximum atomic E-state index is 12.4. The van der Waals surface area contributed by atoms with Crippen molar-refractivity contribution in [2.75, 3.05) is 11.1 Å². The van der Waals surface area contributed by atoms with Crippen molar-refractivity contribution in [3.8, 4) is 0 Å². The molecule has 23 heavy (non-hydrogen) atoms. The molecule has 118 valence electrons. The lowest BCUT2D eigenvalue weighted by Crippen LogP contribution is -2.26. The van der Waals surface area contributed by atoms with Crippen LogP contribution in [0.1, 0.15) is 35.3 Å². The number of carbonyl (C=O) groups is 2. The van der Waals surface area contributed by atoms with Crippen LogP contribution in [0.25, 0.3) is 0 Å². The van der Waals surface area contributed by atoms with Crippen molar-refractivity contribution in [2.24, 2.45) is 0 Å². The van der Waals surface area contributed by atoms with Gasteiger partial charge in [0.1, 0.15) is 0 Å². The molecule has 0 unspecified atom stereocenters.